The Hall–Kier alpha value is 0.360. The molecule has 3 amide bonds. The van der Waals surface area contributed by atoms with E-state index >= 15 is 0 Å². The molecule has 0 fully saturated rings. The third-order valence-electron chi connectivity index (χ3n) is 0.543. The van der Waals surface area contributed by atoms with Crippen LogP contribution < -0.4 is 5.32 Å². The molecule has 0 aromatic rings. The van der Waals surface area contributed by atoms with Crippen molar-refractivity contribution in [3.05, 3.63) is 0 Å². The molecule has 0 atom stereocenters. The summed E-state index contributed by atoms with van der Waals surface area (Å²) in [5.41, 5.74) is 0. The van der Waals surface area contributed by atoms with Gasteiger partial charge in [-0.05, 0) is 0 Å². The average Bonchev–Trinajstić information content (AvgIpc) is 1.87. The Labute approximate surface area is 85.1 Å². The van der Waals surface area contributed by atoms with Gasteiger partial charge < -0.3 is 5.11 Å². The van der Waals surface area contributed by atoms with Gasteiger partial charge in [-0.2, -0.15) is 0 Å². The van der Waals surface area contributed by atoms with Gasteiger partial charge in [0.15, 0.2) is 0 Å². The monoisotopic (exact) mass is 370 g/mol. The van der Waals surface area contributed by atoms with Crippen LogP contribution in [0.5, 0.6) is 0 Å². The first-order valence-corrected chi connectivity index (χ1v) is 4.07. The van der Waals surface area contributed by atoms with Gasteiger partial charge in [0.05, 0.1) is 45.7 Å². The van der Waals surface area contributed by atoms with Crippen LogP contribution >= 0.6 is 45.7 Å². The first kappa shape index (κ1) is 10.4. The molecule has 5 nitrogen and oxygen atoms in total. The summed E-state index contributed by atoms with van der Waals surface area (Å²) in [6, 6.07) is -0.555. The maximum atomic E-state index is 10.6. The lowest BCUT2D eigenvalue weighted by atomic mass is 10.6. The number of hydrogen-bond donors (Lipinski definition) is 2. The number of carbonyl (C=O) groups is 2. The molecule has 0 radical (unpaired) electrons. The van der Waals surface area contributed by atoms with Crippen LogP contribution in [0.3, 0.4) is 0 Å². The highest BCUT2D eigenvalue weighted by atomic mass is 127. The Balaban J connectivity index is 3.69. The molecule has 0 heterocycles. The van der Waals surface area contributed by atoms with E-state index in [1.54, 1.807) is 45.7 Å². The number of nitrogens with zero attached hydrogens (tertiary/aromatic N) is 1. The van der Waals surface area contributed by atoms with Crippen LogP contribution in [0.2, 0.25) is 0 Å². The molecule has 10 heavy (non-hydrogen) atoms. The number of rotatable bonds is 1. The number of imide groups is 1. The SMILES string of the molecule is O=C(CO)NC(=O)N(I)I. The fourth-order valence-corrected chi connectivity index (χ4v) is 0.442. The second-order valence-electron chi connectivity index (χ2n) is 1.24. The van der Waals surface area contributed by atoms with E-state index in [1.807, 2.05) is 5.32 Å². The summed E-state index contributed by atoms with van der Waals surface area (Å²) in [5, 5.41) is 10.1. The van der Waals surface area contributed by atoms with Crippen molar-refractivity contribution < 1.29 is 14.7 Å². The minimum atomic E-state index is -0.705. The summed E-state index contributed by atoms with van der Waals surface area (Å²) in [5.74, 6) is -0.705. The lowest BCUT2D eigenvalue weighted by Gasteiger charge is -2.04. The summed E-state index contributed by atoms with van der Waals surface area (Å²) < 4.78 is 1.14. The summed E-state index contributed by atoms with van der Waals surface area (Å²) in [7, 11) is 0. The van der Waals surface area contributed by atoms with Crippen LogP contribution in [0.1, 0.15) is 0 Å². The molecule has 0 aromatic heterocycles. The van der Waals surface area contributed by atoms with Crippen molar-refractivity contribution in [2.45, 2.75) is 0 Å². The Morgan fingerprint density at radius 2 is 2.00 bits per heavy atom. The van der Waals surface area contributed by atoms with Crippen LogP contribution in [-0.4, -0.2) is 25.0 Å². The summed E-state index contributed by atoms with van der Waals surface area (Å²) >= 11 is 3.38. The number of halogens is 2. The number of aliphatic hydroxyl groups is 1. The van der Waals surface area contributed by atoms with Gasteiger partial charge in [-0.25, -0.2) is 6.12 Å². The van der Waals surface area contributed by atoms with Crippen molar-refractivity contribution >= 4 is 57.7 Å². The van der Waals surface area contributed by atoms with Gasteiger partial charge in [-0.3, -0.25) is 10.1 Å². The molecule has 0 aliphatic heterocycles. The number of hydrogen-bond acceptors (Lipinski definition) is 3. The van der Waals surface area contributed by atoms with E-state index in [0.29, 0.717) is 0 Å². The lowest BCUT2D eigenvalue weighted by Crippen LogP contribution is -2.35. The zero-order chi connectivity index (χ0) is 8.15. The third-order valence-corrected chi connectivity index (χ3v) is 1.42. The van der Waals surface area contributed by atoms with Crippen molar-refractivity contribution in [3.63, 3.8) is 0 Å². The van der Waals surface area contributed by atoms with E-state index in [9.17, 15) is 9.59 Å². The quantitative estimate of drug-likeness (QED) is 0.513. The van der Waals surface area contributed by atoms with E-state index in [-0.39, 0.29) is 0 Å². The van der Waals surface area contributed by atoms with Crippen LogP contribution in [-0.2, 0) is 4.79 Å². The molecule has 0 aromatic carbocycles. The highest BCUT2D eigenvalue weighted by molar-refractivity contribution is 14.2. The lowest BCUT2D eigenvalue weighted by molar-refractivity contribution is -0.122. The van der Waals surface area contributed by atoms with Crippen LogP contribution in [0, 0.1) is 0 Å². The average molecular weight is 370 g/mol. The molecule has 0 bridgehead atoms. The normalized spacial score (nSPS) is 8.70. The number of carbonyl (C=O) groups excluding carboxylic acids is 2. The van der Waals surface area contributed by atoms with Crippen molar-refractivity contribution in [1.29, 1.82) is 0 Å². The second kappa shape index (κ2) is 5.07. The number of amides is 3. The van der Waals surface area contributed by atoms with Crippen LogP contribution in [0.4, 0.5) is 4.79 Å². The fourth-order valence-electron chi connectivity index (χ4n) is 0.201. The Kier molecular flexibility index (Phi) is 5.25. The maximum Gasteiger partial charge on any atom is 0.342 e. The minimum absolute atomic E-state index is 0.555. The number of aliphatic hydroxyl groups excluding tert-OH is 1. The standard InChI is InChI=1S/C3H4I2N2O3/c4-7(5)3(10)6-2(9)1-8/h8H,1H2,(H,6,9,10). The second-order valence-corrected chi connectivity index (χ2v) is 5.02. The molecule has 0 spiro atoms. The van der Waals surface area contributed by atoms with Crippen LogP contribution in [0.25, 0.3) is 0 Å². The predicted octanol–water partition coefficient (Wildman–Crippen LogP) is 0.217. The van der Waals surface area contributed by atoms with Gasteiger partial charge in [-0.15, -0.1) is 0 Å². The molecule has 0 saturated carbocycles. The largest absolute Gasteiger partial charge is 0.387 e. The predicted molar refractivity (Wildman–Crippen MR) is 50.5 cm³/mol. The molecular formula is C3H4I2N2O3. The smallest absolute Gasteiger partial charge is 0.342 e. The zero-order valence-corrected chi connectivity index (χ0v) is 8.99. The van der Waals surface area contributed by atoms with Crippen molar-refractivity contribution in [3.8, 4) is 0 Å². The minimum Gasteiger partial charge on any atom is -0.387 e. The van der Waals surface area contributed by atoms with Crippen molar-refractivity contribution in [2.24, 2.45) is 0 Å². The first-order valence-electron chi connectivity index (χ1n) is 2.14. The third kappa shape index (κ3) is 4.22. The topological polar surface area (TPSA) is 69.6 Å². The Bertz CT molecular complexity index is 149. The van der Waals surface area contributed by atoms with E-state index in [4.69, 9.17) is 5.11 Å². The van der Waals surface area contributed by atoms with Crippen molar-refractivity contribution in [1.82, 2.24) is 6.64 Å². The molecule has 2 N–H and O–H groups in total. The van der Waals surface area contributed by atoms with E-state index in [2.05, 4.69) is 0 Å². The van der Waals surface area contributed by atoms with E-state index in [1.165, 1.54) is 0 Å². The van der Waals surface area contributed by atoms with Gasteiger partial charge in [0.25, 0.3) is 5.91 Å². The van der Waals surface area contributed by atoms with E-state index in [0.717, 1.165) is 1.33 Å². The molecule has 7 heteroatoms. The fraction of sp³-hybridized carbons (Fsp3) is 0.333. The first-order chi connectivity index (χ1) is 4.57. The molecule has 0 saturated heterocycles. The number of nitrogens with one attached hydrogen (secondary N) is 1. The molecule has 0 rings (SSSR count). The van der Waals surface area contributed by atoms with Gasteiger partial charge in [0, 0.05) is 0 Å². The molecular weight excluding hydrogens is 366 g/mol. The summed E-state index contributed by atoms with van der Waals surface area (Å²) in [6.45, 7) is -0.674. The zero-order valence-electron chi connectivity index (χ0n) is 4.67. The highest BCUT2D eigenvalue weighted by Gasteiger charge is 2.09. The van der Waals surface area contributed by atoms with Gasteiger partial charge in [-0.1, -0.05) is 0 Å². The van der Waals surface area contributed by atoms with Gasteiger partial charge in [0.1, 0.15) is 6.61 Å². The van der Waals surface area contributed by atoms with Gasteiger partial charge in [0.2, 0.25) is 0 Å². The van der Waals surface area contributed by atoms with Crippen LogP contribution in [0.15, 0.2) is 0 Å². The highest BCUT2D eigenvalue weighted by Crippen LogP contribution is 2.05. The Morgan fingerprint density at radius 3 is 2.30 bits per heavy atom. The Morgan fingerprint density at radius 1 is 1.50 bits per heavy atom. The molecule has 0 aliphatic rings. The molecule has 0 aliphatic carbocycles. The van der Waals surface area contributed by atoms with Gasteiger partial charge >= 0.3 is 6.03 Å². The number of urea groups is 1. The molecule has 58 valence electrons. The maximum absolute atomic E-state index is 10.6. The van der Waals surface area contributed by atoms with Crippen molar-refractivity contribution in [2.75, 3.05) is 6.61 Å². The summed E-state index contributed by atoms with van der Waals surface area (Å²) in [4.78, 5) is 20.9. The van der Waals surface area contributed by atoms with E-state index < -0.39 is 18.5 Å². The molecule has 0 unspecified atom stereocenters. The summed E-state index contributed by atoms with van der Waals surface area (Å²) in [6.07, 6.45) is 0.